The van der Waals surface area contributed by atoms with Crippen molar-refractivity contribution >= 4 is 11.8 Å². The minimum absolute atomic E-state index is 0.0789. The quantitative estimate of drug-likeness (QED) is 0.786. The minimum atomic E-state index is 0.0789. The van der Waals surface area contributed by atoms with Crippen molar-refractivity contribution in [1.29, 1.82) is 0 Å². The molecule has 0 aromatic carbocycles. The number of anilines is 2. The third kappa shape index (κ3) is 4.70. The molecule has 1 aromatic heterocycles. The summed E-state index contributed by atoms with van der Waals surface area (Å²) in [7, 11) is 0. The average Bonchev–Trinajstić information content (AvgIpc) is 3.28. The normalized spacial score (nSPS) is 25.1. The number of nitrogens with one attached hydrogen (secondary N) is 1. The van der Waals surface area contributed by atoms with Crippen LogP contribution in [0.15, 0.2) is 6.07 Å². The van der Waals surface area contributed by atoms with Crippen LogP contribution in [0.4, 0.5) is 11.8 Å². The Morgan fingerprint density at radius 1 is 1.07 bits per heavy atom. The smallest absolute Gasteiger partial charge is 0.224 e. The van der Waals surface area contributed by atoms with Crippen molar-refractivity contribution in [1.82, 2.24) is 14.9 Å². The Labute approximate surface area is 162 Å². The van der Waals surface area contributed by atoms with E-state index in [4.69, 9.17) is 14.8 Å². The average molecular weight is 376 g/mol. The van der Waals surface area contributed by atoms with Crippen molar-refractivity contribution in [2.75, 3.05) is 62.8 Å². The maximum Gasteiger partial charge on any atom is 0.224 e. The molecule has 2 N–H and O–H groups in total. The van der Waals surface area contributed by atoms with E-state index in [2.05, 4.69) is 26.2 Å². The van der Waals surface area contributed by atoms with E-state index in [-0.39, 0.29) is 6.61 Å². The van der Waals surface area contributed by atoms with Crippen molar-refractivity contribution in [2.24, 2.45) is 0 Å². The first-order valence-electron chi connectivity index (χ1n) is 10.6. The molecule has 4 rings (SSSR count). The monoisotopic (exact) mass is 375 g/mol. The second-order valence-corrected chi connectivity index (χ2v) is 8.00. The first kappa shape index (κ1) is 18.9. The van der Waals surface area contributed by atoms with Crippen LogP contribution in [0.5, 0.6) is 0 Å². The van der Waals surface area contributed by atoms with Gasteiger partial charge in [-0.3, -0.25) is 4.90 Å². The molecule has 7 heteroatoms. The summed E-state index contributed by atoms with van der Waals surface area (Å²) < 4.78 is 5.56. The summed E-state index contributed by atoms with van der Waals surface area (Å²) in [5, 5.41) is 12.3. The third-order valence-electron chi connectivity index (χ3n) is 6.20. The predicted octanol–water partition coefficient (Wildman–Crippen LogP) is 1.84. The molecule has 7 nitrogen and oxygen atoms in total. The van der Waals surface area contributed by atoms with Crippen LogP contribution in [-0.4, -0.2) is 78.6 Å². The fourth-order valence-corrected chi connectivity index (χ4v) is 4.60. The molecule has 2 saturated heterocycles. The summed E-state index contributed by atoms with van der Waals surface area (Å²) >= 11 is 0. The van der Waals surface area contributed by atoms with Gasteiger partial charge in [-0.05, 0) is 19.3 Å². The maximum atomic E-state index is 9.13. The van der Waals surface area contributed by atoms with Crippen LogP contribution in [0.25, 0.3) is 0 Å². The lowest BCUT2D eigenvalue weighted by Gasteiger charge is -2.41. The van der Waals surface area contributed by atoms with E-state index in [0.29, 0.717) is 18.4 Å². The highest BCUT2D eigenvalue weighted by molar-refractivity contribution is 5.46. The molecule has 0 unspecified atom stereocenters. The van der Waals surface area contributed by atoms with Crippen molar-refractivity contribution in [2.45, 2.75) is 50.5 Å². The zero-order chi connectivity index (χ0) is 18.5. The summed E-state index contributed by atoms with van der Waals surface area (Å²) in [4.78, 5) is 14.5. The molecule has 3 aliphatic rings. The van der Waals surface area contributed by atoms with Gasteiger partial charge in [-0.15, -0.1) is 0 Å². The Morgan fingerprint density at radius 2 is 1.89 bits per heavy atom. The number of hydrogen-bond donors (Lipinski definition) is 2. The van der Waals surface area contributed by atoms with E-state index in [1.165, 1.54) is 32.1 Å². The van der Waals surface area contributed by atoms with Crippen molar-refractivity contribution in [3.8, 4) is 0 Å². The van der Waals surface area contributed by atoms with Gasteiger partial charge in [0.15, 0.2) is 0 Å². The Bertz CT molecular complexity index is 594. The molecule has 3 heterocycles. The third-order valence-corrected chi connectivity index (χ3v) is 6.20. The zero-order valence-corrected chi connectivity index (χ0v) is 16.3. The number of aromatic nitrogens is 2. The molecule has 1 aliphatic carbocycles. The fraction of sp³-hybridized carbons (Fsp3) is 0.800. The summed E-state index contributed by atoms with van der Waals surface area (Å²) in [6, 6.07) is 2.94. The second-order valence-electron chi connectivity index (χ2n) is 8.00. The van der Waals surface area contributed by atoms with Gasteiger partial charge >= 0.3 is 0 Å². The molecule has 0 spiro atoms. The number of hydrogen-bond acceptors (Lipinski definition) is 7. The van der Waals surface area contributed by atoms with Crippen LogP contribution in [-0.2, 0) is 4.74 Å². The number of ether oxygens (including phenoxy) is 1. The van der Waals surface area contributed by atoms with Gasteiger partial charge in [0.1, 0.15) is 5.82 Å². The number of aliphatic hydroxyl groups excluding tert-OH is 1. The SMILES string of the molecule is OCCNc1nc([C@@H]2CCOC2)cc(N2CCN(C3CCCCC3)CC2)n1. The highest BCUT2D eigenvalue weighted by Gasteiger charge is 2.27. The minimum Gasteiger partial charge on any atom is -0.395 e. The first-order valence-corrected chi connectivity index (χ1v) is 10.6. The standard InChI is InChI=1S/C20H33N5O2/c26-12-7-21-20-22-18(16-6-13-27-15-16)14-19(23-20)25-10-8-24(9-11-25)17-4-2-1-3-5-17/h14,16-17,26H,1-13,15H2,(H,21,22,23)/t16-/m1/s1. The molecular formula is C20H33N5O2. The largest absolute Gasteiger partial charge is 0.395 e. The van der Waals surface area contributed by atoms with Crippen molar-refractivity contribution < 1.29 is 9.84 Å². The van der Waals surface area contributed by atoms with Gasteiger partial charge in [-0.2, -0.15) is 4.98 Å². The maximum absolute atomic E-state index is 9.13. The lowest BCUT2D eigenvalue weighted by molar-refractivity contribution is 0.147. The van der Waals surface area contributed by atoms with Crippen LogP contribution >= 0.6 is 0 Å². The van der Waals surface area contributed by atoms with Gasteiger partial charge in [0.2, 0.25) is 5.95 Å². The van der Waals surface area contributed by atoms with Gasteiger partial charge < -0.3 is 20.1 Å². The fourth-order valence-electron chi connectivity index (χ4n) is 4.60. The van der Waals surface area contributed by atoms with Gasteiger partial charge in [-0.25, -0.2) is 4.98 Å². The molecule has 2 aliphatic heterocycles. The van der Waals surface area contributed by atoms with Crippen molar-refractivity contribution in [3.05, 3.63) is 11.8 Å². The molecule has 27 heavy (non-hydrogen) atoms. The molecule has 0 bridgehead atoms. The van der Waals surface area contributed by atoms with E-state index in [1.807, 2.05) is 0 Å². The predicted molar refractivity (Wildman–Crippen MR) is 106 cm³/mol. The summed E-state index contributed by atoms with van der Waals surface area (Å²) in [6.45, 7) is 6.39. The molecular weight excluding hydrogens is 342 g/mol. The van der Waals surface area contributed by atoms with E-state index >= 15 is 0 Å². The molecule has 0 amide bonds. The van der Waals surface area contributed by atoms with E-state index in [9.17, 15) is 0 Å². The highest BCUT2D eigenvalue weighted by atomic mass is 16.5. The van der Waals surface area contributed by atoms with Gasteiger partial charge in [0.25, 0.3) is 0 Å². The van der Waals surface area contributed by atoms with Crippen LogP contribution in [0.1, 0.15) is 50.1 Å². The molecule has 1 saturated carbocycles. The van der Waals surface area contributed by atoms with Crippen LogP contribution < -0.4 is 10.2 Å². The highest BCUT2D eigenvalue weighted by Crippen LogP contribution is 2.29. The van der Waals surface area contributed by atoms with E-state index in [1.54, 1.807) is 0 Å². The molecule has 0 radical (unpaired) electrons. The number of aliphatic hydroxyl groups is 1. The molecule has 1 aromatic rings. The van der Waals surface area contributed by atoms with Gasteiger partial charge in [0, 0.05) is 57.4 Å². The first-order chi connectivity index (χ1) is 13.3. The lowest BCUT2D eigenvalue weighted by Crippen LogP contribution is -2.51. The number of piperazine rings is 1. The van der Waals surface area contributed by atoms with E-state index < -0.39 is 0 Å². The van der Waals surface area contributed by atoms with Crippen LogP contribution in [0.3, 0.4) is 0 Å². The van der Waals surface area contributed by atoms with E-state index in [0.717, 1.165) is 63.4 Å². The van der Waals surface area contributed by atoms with Gasteiger partial charge in [0.05, 0.1) is 18.9 Å². The number of rotatable bonds is 6. The molecule has 1 atom stereocenters. The molecule has 150 valence electrons. The lowest BCUT2D eigenvalue weighted by atomic mass is 9.94. The summed E-state index contributed by atoms with van der Waals surface area (Å²) in [5.74, 6) is 1.98. The van der Waals surface area contributed by atoms with Gasteiger partial charge in [-0.1, -0.05) is 19.3 Å². The Balaban J connectivity index is 1.44. The Kier molecular flexibility index (Phi) is 6.42. The van der Waals surface area contributed by atoms with Crippen LogP contribution in [0.2, 0.25) is 0 Å². The number of nitrogens with zero attached hydrogens (tertiary/aromatic N) is 4. The van der Waals surface area contributed by atoms with Crippen LogP contribution in [0, 0.1) is 0 Å². The van der Waals surface area contributed by atoms with Crippen molar-refractivity contribution in [3.63, 3.8) is 0 Å². The molecule has 3 fully saturated rings. The Hall–Kier alpha value is -1.44. The Morgan fingerprint density at radius 3 is 2.59 bits per heavy atom. The second kappa shape index (κ2) is 9.17. The summed E-state index contributed by atoms with van der Waals surface area (Å²) in [5.41, 5.74) is 1.06. The topological polar surface area (TPSA) is 73.8 Å². The summed E-state index contributed by atoms with van der Waals surface area (Å²) in [6.07, 6.45) is 7.95. The zero-order valence-electron chi connectivity index (χ0n) is 16.3.